The molecular weight excluding hydrogens is 218 g/mol. The van der Waals surface area contributed by atoms with Crippen molar-refractivity contribution in [2.24, 2.45) is 5.73 Å². The predicted octanol–water partition coefficient (Wildman–Crippen LogP) is 2.52. The fourth-order valence-electron chi connectivity index (χ4n) is 2.45. The Morgan fingerprint density at radius 1 is 1.31 bits per heavy atom. The topological polar surface area (TPSA) is 35.2 Å². The van der Waals surface area contributed by atoms with Crippen molar-refractivity contribution in [3.63, 3.8) is 0 Å². The second-order valence-corrected chi connectivity index (χ2v) is 5.37. The molecule has 1 aromatic heterocycles. The minimum absolute atomic E-state index is 0.189. The third-order valence-electron chi connectivity index (χ3n) is 3.43. The van der Waals surface area contributed by atoms with Gasteiger partial charge in [0.05, 0.1) is 13.2 Å². The lowest BCUT2D eigenvalue weighted by molar-refractivity contribution is -0.0621. The van der Waals surface area contributed by atoms with Crippen LogP contribution >= 0.6 is 11.3 Å². The third-order valence-corrected chi connectivity index (χ3v) is 4.40. The van der Waals surface area contributed by atoms with E-state index in [1.54, 1.807) is 0 Å². The first-order valence-corrected chi connectivity index (χ1v) is 6.48. The highest BCUT2D eigenvalue weighted by atomic mass is 32.1. The average Bonchev–Trinajstić information content (AvgIpc) is 2.68. The van der Waals surface area contributed by atoms with Crippen LogP contribution in [0.5, 0.6) is 0 Å². The van der Waals surface area contributed by atoms with Gasteiger partial charge in [0.25, 0.3) is 0 Å². The van der Waals surface area contributed by atoms with E-state index in [1.165, 1.54) is 15.6 Å². The molecule has 0 saturated carbocycles. The molecule has 16 heavy (non-hydrogen) atoms. The summed E-state index contributed by atoms with van der Waals surface area (Å²) in [5, 5.41) is 3.66. The Morgan fingerprint density at radius 2 is 2.12 bits per heavy atom. The first kappa shape index (κ1) is 10.3. The van der Waals surface area contributed by atoms with Gasteiger partial charge in [-0.3, -0.25) is 0 Å². The zero-order valence-electron chi connectivity index (χ0n) is 9.11. The van der Waals surface area contributed by atoms with Gasteiger partial charge in [0.1, 0.15) is 0 Å². The molecule has 2 N–H and O–H groups in total. The molecule has 1 aliphatic rings. The van der Waals surface area contributed by atoms with E-state index in [0.29, 0.717) is 0 Å². The zero-order chi connectivity index (χ0) is 11.0. The number of benzene rings is 1. The maximum absolute atomic E-state index is 5.72. The van der Waals surface area contributed by atoms with Crippen LogP contribution in [0.15, 0.2) is 29.6 Å². The summed E-state index contributed by atoms with van der Waals surface area (Å²) in [7, 11) is 0. The highest BCUT2D eigenvalue weighted by Crippen LogP contribution is 2.41. The minimum atomic E-state index is 0.189. The summed E-state index contributed by atoms with van der Waals surface area (Å²) in [5.41, 5.74) is 7.35. The molecule has 3 rings (SSSR count). The number of thiophene rings is 1. The molecule has 2 heterocycles. The summed E-state index contributed by atoms with van der Waals surface area (Å²) < 4.78 is 6.77. The average molecular weight is 233 g/mol. The molecule has 84 valence electrons. The molecule has 2 nitrogen and oxygen atoms in total. The van der Waals surface area contributed by atoms with E-state index in [-0.39, 0.29) is 5.41 Å². The minimum Gasteiger partial charge on any atom is -0.379 e. The van der Waals surface area contributed by atoms with Crippen molar-refractivity contribution >= 4 is 21.4 Å². The van der Waals surface area contributed by atoms with Gasteiger partial charge in [-0.25, -0.2) is 0 Å². The van der Waals surface area contributed by atoms with Gasteiger partial charge in [-0.1, -0.05) is 18.2 Å². The predicted molar refractivity (Wildman–Crippen MR) is 68.0 cm³/mol. The Labute approximate surface area is 99.0 Å². The van der Waals surface area contributed by atoms with Crippen molar-refractivity contribution in [2.45, 2.75) is 11.8 Å². The Kier molecular flexibility index (Phi) is 2.46. The SMILES string of the molecule is NCCC1(c2csc3ccccc23)COC1. The smallest absolute Gasteiger partial charge is 0.0586 e. The number of hydrogen-bond donors (Lipinski definition) is 1. The van der Waals surface area contributed by atoms with E-state index in [0.717, 1.165) is 26.2 Å². The number of nitrogens with two attached hydrogens (primary N) is 1. The largest absolute Gasteiger partial charge is 0.379 e. The second-order valence-electron chi connectivity index (χ2n) is 4.46. The normalized spacial score (nSPS) is 18.6. The molecule has 0 bridgehead atoms. The van der Waals surface area contributed by atoms with Crippen molar-refractivity contribution in [2.75, 3.05) is 19.8 Å². The monoisotopic (exact) mass is 233 g/mol. The fraction of sp³-hybridized carbons (Fsp3) is 0.385. The first-order valence-electron chi connectivity index (χ1n) is 5.60. The first-order chi connectivity index (χ1) is 7.86. The molecule has 0 atom stereocenters. The number of hydrogen-bond acceptors (Lipinski definition) is 3. The van der Waals surface area contributed by atoms with Gasteiger partial charge in [0, 0.05) is 10.1 Å². The second kappa shape index (κ2) is 3.84. The number of ether oxygens (including phenoxy) is 1. The molecule has 1 saturated heterocycles. The lowest BCUT2D eigenvalue weighted by atomic mass is 9.76. The lowest BCUT2D eigenvalue weighted by Gasteiger charge is -2.41. The Bertz CT molecular complexity index is 501. The highest BCUT2D eigenvalue weighted by Gasteiger charge is 2.40. The van der Waals surface area contributed by atoms with Crippen LogP contribution in [0.2, 0.25) is 0 Å². The quantitative estimate of drug-likeness (QED) is 0.884. The molecule has 0 radical (unpaired) electrons. The number of rotatable bonds is 3. The standard InChI is InChI=1S/C13H15NOS/c14-6-5-13(8-15-9-13)11-7-16-12-4-2-1-3-10(11)12/h1-4,7H,5-6,8-9,14H2. The molecule has 3 heteroatoms. The summed E-state index contributed by atoms with van der Waals surface area (Å²) in [6.07, 6.45) is 1.02. The van der Waals surface area contributed by atoms with Crippen LogP contribution in [0.4, 0.5) is 0 Å². The Morgan fingerprint density at radius 3 is 2.81 bits per heavy atom. The van der Waals surface area contributed by atoms with Crippen LogP contribution in [0.1, 0.15) is 12.0 Å². The highest BCUT2D eigenvalue weighted by molar-refractivity contribution is 7.17. The van der Waals surface area contributed by atoms with Crippen molar-refractivity contribution in [1.29, 1.82) is 0 Å². The zero-order valence-corrected chi connectivity index (χ0v) is 9.93. The van der Waals surface area contributed by atoms with Crippen LogP contribution in [-0.4, -0.2) is 19.8 Å². The van der Waals surface area contributed by atoms with Crippen LogP contribution in [-0.2, 0) is 10.2 Å². The third kappa shape index (κ3) is 1.39. The van der Waals surface area contributed by atoms with Gasteiger partial charge in [-0.15, -0.1) is 11.3 Å². The van der Waals surface area contributed by atoms with Gasteiger partial charge < -0.3 is 10.5 Å². The van der Waals surface area contributed by atoms with E-state index in [9.17, 15) is 0 Å². The van der Waals surface area contributed by atoms with E-state index in [1.807, 2.05) is 11.3 Å². The van der Waals surface area contributed by atoms with Gasteiger partial charge in [-0.2, -0.15) is 0 Å². The van der Waals surface area contributed by atoms with Crippen LogP contribution in [0.3, 0.4) is 0 Å². The van der Waals surface area contributed by atoms with Gasteiger partial charge in [0.2, 0.25) is 0 Å². The summed E-state index contributed by atoms with van der Waals surface area (Å²) in [4.78, 5) is 0. The maximum Gasteiger partial charge on any atom is 0.0586 e. The van der Waals surface area contributed by atoms with E-state index in [2.05, 4.69) is 29.6 Å². The molecular formula is C13H15NOS. The summed E-state index contributed by atoms with van der Waals surface area (Å²) in [5.74, 6) is 0. The Balaban J connectivity index is 2.10. The van der Waals surface area contributed by atoms with E-state index in [4.69, 9.17) is 10.5 Å². The fourth-order valence-corrected chi connectivity index (χ4v) is 3.53. The lowest BCUT2D eigenvalue weighted by Crippen LogP contribution is -2.47. The van der Waals surface area contributed by atoms with Gasteiger partial charge in [0.15, 0.2) is 0 Å². The van der Waals surface area contributed by atoms with E-state index >= 15 is 0 Å². The summed E-state index contributed by atoms with van der Waals surface area (Å²) in [6, 6.07) is 8.58. The molecule has 0 unspecified atom stereocenters. The maximum atomic E-state index is 5.72. The summed E-state index contributed by atoms with van der Waals surface area (Å²) >= 11 is 1.82. The van der Waals surface area contributed by atoms with Crippen molar-refractivity contribution in [1.82, 2.24) is 0 Å². The summed E-state index contributed by atoms with van der Waals surface area (Å²) in [6.45, 7) is 2.38. The van der Waals surface area contributed by atoms with Crippen molar-refractivity contribution in [3.05, 3.63) is 35.2 Å². The molecule has 1 aliphatic heterocycles. The molecule has 0 spiro atoms. The Hall–Kier alpha value is -0.900. The molecule has 2 aromatic rings. The van der Waals surface area contributed by atoms with Crippen molar-refractivity contribution in [3.8, 4) is 0 Å². The number of fused-ring (bicyclic) bond motifs is 1. The molecule has 0 amide bonds. The van der Waals surface area contributed by atoms with E-state index < -0.39 is 0 Å². The van der Waals surface area contributed by atoms with Crippen LogP contribution in [0, 0.1) is 0 Å². The van der Waals surface area contributed by atoms with Crippen LogP contribution < -0.4 is 5.73 Å². The van der Waals surface area contributed by atoms with Crippen molar-refractivity contribution < 1.29 is 4.74 Å². The molecule has 1 fully saturated rings. The molecule has 1 aromatic carbocycles. The van der Waals surface area contributed by atoms with Gasteiger partial charge in [-0.05, 0) is 35.4 Å². The van der Waals surface area contributed by atoms with Crippen LogP contribution in [0.25, 0.3) is 10.1 Å². The van der Waals surface area contributed by atoms with Gasteiger partial charge >= 0.3 is 0 Å². The molecule has 0 aliphatic carbocycles.